The third-order valence-electron chi connectivity index (χ3n) is 4.70. The van der Waals surface area contributed by atoms with Crippen LogP contribution < -0.4 is 0 Å². The van der Waals surface area contributed by atoms with Gasteiger partial charge in [0.05, 0.1) is 11.5 Å². The fourth-order valence-corrected chi connectivity index (χ4v) is 3.59. The van der Waals surface area contributed by atoms with E-state index in [1.165, 1.54) is 37.3 Å². The van der Waals surface area contributed by atoms with Gasteiger partial charge < -0.3 is 14.6 Å². The lowest BCUT2D eigenvalue weighted by Gasteiger charge is -2.43. The average molecular weight is 390 g/mol. The quantitative estimate of drug-likeness (QED) is 0.437. The third-order valence-corrected chi connectivity index (χ3v) is 4.70. The van der Waals surface area contributed by atoms with Gasteiger partial charge in [0.15, 0.2) is 5.78 Å². The van der Waals surface area contributed by atoms with Crippen LogP contribution in [0, 0.1) is 17.7 Å². The second kappa shape index (κ2) is 8.93. The summed E-state index contributed by atoms with van der Waals surface area (Å²) in [6.45, 7) is 8.00. The number of aliphatic hydroxyl groups is 1. The summed E-state index contributed by atoms with van der Waals surface area (Å²) in [6, 6.07) is 5.21. The number of Topliss-reactive ketones (excluding diaryl/α,β-unsaturated/α-hetero) is 1. The second-order valence-corrected chi connectivity index (χ2v) is 6.87. The smallest absolute Gasteiger partial charge is 0.317 e. The number of esters is 2. The molecule has 0 radical (unpaired) electrons. The van der Waals surface area contributed by atoms with Crippen LogP contribution in [-0.2, 0) is 23.9 Å². The molecule has 1 fully saturated rings. The summed E-state index contributed by atoms with van der Waals surface area (Å²) < 4.78 is 24.0. The Morgan fingerprint density at radius 3 is 2.43 bits per heavy atom. The summed E-state index contributed by atoms with van der Waals surface area (Å²) in [4.78, 5) is 38.0. The predicted octanol–water partition coefficient (Wildman–Crippen LogP) is 2.32. The van der Waals surface area contributed by atoms with Crippen LogP contribution in [0.25, 0.3) is 0 Å². The number of ether oxygens (including phenoxy) is 2. The Morgan fingerprint density at radius 2 is 1.86 bits per heavy atom. The second-order valence-electron chi connectivity index (χ2n) is 6.87. The molecule has 1 aliphatic carbocycles. The fraction of sp³-hybridized carbons (Fsp3) is 0.381. The molecule has 0 aliphatic heterocycles. The Balaban J connectivity index is 2.58. The highest BCUT2D eigenvalue weighted by Gasteiger charge is 2.57. The van der Waals surface area contributed by atoms with E-state index in [2.05, 4.69) is 13.2 Å². The van der Waals surface area contributed by atoms with Gasteiger partial charge in [-0.25, -0.2) is 4.39 Å². The summed E-state index contributed by atoms with van der Waals surface area (Å²) >= 11 is 0. The first kappa shape index (κ1) is 21.5. The Hall–Kier alpha value is -2.80. The zero-order valence-corrected chi connectivity index (χ0v) is 15.6. The summed E-state index contributed by atoms with van der Waals surface area (Å²) in [7, 11) is 0. The topological polar surface area (TPSA) is 89.9 Å². The summed E-state index contributed by atoms with van der Waals surface area (Å²) in [5, 5.41) is 10.8. The molecular formula is C21H23FO6. The van der Waals surface area contributed by atoms with E-state index in [-0.39, 0.29) is 18.8 Å². The molecule has 150 valence electrons. The zero-order chi connectivity index (χ0) is 20.9. The molecule has 1 saturated carbocycles. The van der Waals surface area contributed by atoms with Gasteiger partial charge >= 0.3 is 11.9 Å². The lowest BCUT2D eigenvalue weighted by molar-refractivity contribution is -0.172. The van der Waals surface area contributed by atoms with E-state index in [9.17, 15) is 23.9 Å². The fourth-order valence-electron chi connectivity index (χ4n) is 3.59. The molecule has 4 atom stereocenters. The number of carbonyl (C=O) groups is 3. The van der Waals surface area contributed by atoms with Gasteiger partial charge in [0.2, 0.25) is 0 Å². The molecule has 28 heavy (non-hydrogen) atoms. The number of ketones is 1. The molecule has 2 rings (SSSR count). The highest BCUT2D eigenvalue weighted by molar-refractivity contribution is 6.02. The molecule has 1 N–H and O–H groups in total. The molecule has 0 bridgehead atoms. The average Bonchev–Trinajstić information content (AvgIpc) is 2.62. The first-order valence-corrected chi connectivity index (χ1v) is 8.78. The van der Waals surface area contributed by atoms with Crippen LogP contribution in [0.5, 0.6) is 0 Å². The molecule has 0 unspecified atom stereocenters. The molecule has 0 heterocycles. The standard InChI is InChI=1S/C21H23FO6/c1-4-9-27-19(24)17-15(23)12-21(3,26)18(20(25)28-10-5-2)16(17)13-7-6-8-14(22)11-13/h4-8,11,16-18,26H,1-2,9-10,12H2,3H3/t16-,17-,18+,21+/m0/s1. The van der Waals surface area contributed by atoms with Gasteiger partial charge in [-0.3, -0.25) is 14.4 Å². The largest absolute Gasteiger partial charge is 0.461 e. The maximum absolute atomic E-state index is 13.9. The molecule has 0 spiro atoms. The summed E-state index contributed by atoms with van der Waals surface area (Å²) in [5.74, 6) is -6.70. The monoisotopic (exact) mass is 390 g/mol. The van der Waals surface area contributed by atoms with Crippen molar-refractivity contribution in [1.29, 1.82) is 0 Å². The van der Waals surface area contributed by atoms with Gasteiger partial charge in [-0.2, -0.15) is 0 Å². The summed E-state index contributed by atoms with van der Waals surface area (Å²) in [5.41, 5.74) is -1.57. The van der Waals surface area contributed by atoms with Gasteiger partial charge in [-0.15, -0.1) is 0 Å². The third kappa shape index (κ3) is 4.54. The first-order valence-electron chi connectivity index (χ1n) is 8.78. The minimum absolute atomic E-state index is 0.110. The number of halogens is 1. The van der Waals surface area contributed by atoms with Crippen molar-refractivity contribution in [2.75, 3.05) is 13.2 Å². The van der Waals surface area contributed by atoms with Crippen LogP contribution in [0.1, 0.15) is 24.8 Å². The molecule has 0 aromatic heterocycles. The van der Waals surface area contributed by atoms with Gasteiger partial charge in [-0.05, 0) is 24.6 Å². The van der Waals surface area contributed by atoms with Gasteiger partial charge in [0.25, 0.3) is 0 Å². The number of rotatable bonds is 7. The maximum Gasteiger partial charge on any atom is 0.317 e. The highest BCUT2D eigenvalue weighted by Crippen LogP contribution is 2.46. The van der Waals surface area contributed by atoms with Crippen molar-refractivity contribution in [3.63, 3.8) is 0 Å². The van der Waals surface area contributed by atoms with Gasteiger partial charge in [0, 0.05) is 12.3 Å². The number of carbonyl (C=O) groups excluding carboxylic acids is 3. The van der Waals surface area contributed by atoms with Gasteiger partial charge in [-0.1, -0.05) is 37.4 Å². The van der Waals surface area contributed by atoms with Crippen LogP contribution >= 0.6 is 0 Å². The maximum atomic E-state index is 13.9. The van der Waals surface area contributed by atoms with Crippen LogP contribution in [0.2, 0.25) is 0 Å². The van der Waals surface area contributed by atoms with E-state index in [1.54, 1.807) is 0 Å². The number of hydrogen-bond donors (Lipinski definition) is 1. The molecule has 1 aliphatic rings. The van der Waals surface area contributed by atoms with Crippen LogP contribution in [0.15, 0.2) is 49.6 Å². The van der Waals surface area contributed by atoms with E-state index in [0.29, 0.717) is 0 Å². The van der Waals surface area contributed by atoms with E-state index in [0.717, 1.165) is 6.07 Å². The van der Waals surface area contributed by atoms with Crippen LogP contribution in [-0.4, -0.2) is 41.6 Å². The lowest BCUT2D eigenvalue weighted by atomic mass is 9.61. The van der Waals surface area contributed by atoms with E-state index < -0.39 is 53.3 Å². The Labute approximate surface area is 162 Å². The van der Waals surface area contributed by atoms with Crippen molar-refractivity contribution in [3.05, 3.63) is 61.0 Å². The lowest BCUT2D eigenvalue weighted by Crippen LogP contribution is -2.55. The summed E-state index contributed by atoms with van der Waals surface area (Å²) in [6.07, 6.45) is 2.25. The Kier molecular flexibility index (Phi) is 6.85. The molecule has 0 amide bonds. The number of hydrogen-bond acceptors (Lipinski definition) is 6. The molecule has 6 nitrogen and oxygen atoms in total. The molecular weight excluding hydrogens is 367 g/mol. The Bertz CT molecular complexity index is 785. The minimum Gasteiger partial charge on any atom is -0.461 e. The first-order chi connectivity index (χ1) is 13.2. The highest BCUT2D eigenvalue weighted by atomic mass is 19.1. The van der Waals surface area contributed by atoms with E-state index in [1.807, 2.05) is 0 Å². The molecule has 7 heteroatoms. The molecule has 1 aromatic rings. The van der Waals surface area contributed by atoms with Gasteiger partial charge in [0.1, 0.15) is 24.9 Å². The zero-order valence-electron chi connectivity index (χ0n) is 15.6. The molecule has 0 saturated heterocycles. The van der Waals surface area contributed by atoms with Crippen LogP contribution in [0.3, 0.4) is 0 Å². The van der Waals surface area contributed by atoms with Crippen molar-refractivity contribution in [3.8, 4) is 0 Å². The minimum atomic E-state index is -1.79. The van der Waals surface area contributed by atoms with Crippen molar-refractivity contribution < 1.29 is 33.4 Å². The predicted molar refractivity (Wildman–Crippen MR) is 98.7 cm³/mol. The SMILES string of the molecule is C=CCOC(=O)[C@H]1C(=O)C[C@@](C)(O)[C@@H](C(=O)OCC=C)[C@H]1c1cccc(F)c1. The van der Waals surface area contributed by atoms with E-state index >= 15 is 0 Å². The van der Waals surface area contributed by atoms with Crippen molar-refractivity contribution in [2.24, 2.45) is 11.8 Å². The Morgan fingerprint density at radius 1 is 1.25 bits per heavy atom. The van der Waals surface area contributed by atoms with E-state index in [4.69, 9.17) is 9.47 Å². The van der Waals surface area contributed by atoms with Crippen molar-refractivity contribution in [1.82, 2.24) is 0 Å². The number of benzene rings is 1. The normalized spacial score (nSPS) is 27.0. The van der Waals surface area contributed by atoms with Crippen molar-refractivity contribution >= 4 is 17.7 Å². The molecule has 1 aromatic carbocycles. The van der Waals surface area contributed by atoms with Crippen molar-refractivity contribution in [2.45, 2.75) is 24.9 Å². The van der Waals surface area contributed by atoms with Crippen LogP contribution in [0.4, 0.5) is 4.39 Å².